The fourth-order valence-electron chi connectivity index (χ4n) is 2.89. The quantitative estimate of drug-likeness (QED) is 0.631. The summed E-state index contributed by atoms with van der Waals surface area (Å²) in [6, 6.07) is 13.3. The summed E-state index contributed by atoms with van der Waals surface area (Å²) in [6.45, 7) is 1.69. The lowest BCUT2D eigenvalue weighted by Crippen LogP contribution is -2.18. The highest BCUT2D eigenvalue weighted by molar-refractivity contribution is 6.34. The van der Waals surface area contributed by atoms with Gasteiger partial charge in [-0.1, -0.05) is 29.8 Å². The molecule has 1 saturated heterocycles. The minimum Gasteiger partial charge on any atom is -0.369 e. The summed E-state index contributed by atoms with van der Waals surface area (Å²) in [4.78, 5) is 14.3. The third kappa shape index (κ3) is 4.04. The zero-order chi connectivity index (χ0) is 18.5. The van der Waals surface area contributed by atoms with Gasteiger partial charge in [0.25, 0.3) is 5.91 Å². The molecule has 1 N–H and O–H groups in total. The summed E-state index contributed by atoms with van der Waals surface area (Å²) in [5, 5.41) is 12.3. The highest BCUT2D eigenvalue weighted by Gasteiger charge is 2.16. The second-order valence-electron chi connectivity index (χ2n) is 6.01. The Morgan fingerprint density at radius 3 is 2.62 bits per heavy atom. The lowest BCUT2D eigenvalue weighted by molar-refractivity contribution is -0.112. The largest absolute Gasteiger partial charge is 0.369 e. The van der Waals surface area contributed by atoms with E-state index in [-0.39, 0.29) is 11.4 Å². The van der Waals surface area contributed by atoms with E-state index in [1.54, 1.807) is 36.4 Å². The molecular weight excluding hydrogens is 353 g/mol. The minimum atomic E-state index is -0.593. The van der Waals surface area contributed by atoms with Crippen LogP contribution >= 0.6 is 11.6 Å². The van der Waals surface area contributed by atoms with Gasteiger partial charge in [-0.15, -0.1) is 0 Å². The number of amides is 1. The first-order valence-corrected chi connectivity index (χ1v) is 8.68. The molecule has 2 aromatic rings. The van der Waals surface area contributed by atoms with E-state index in [4.69, 9.17) is 11.6 Å². The number of nitriles is 1. The van der Waals surface area contributed by atoms with Crippen molar-refractivity contribution in [1.29, 1.82) is 5.26 Å². The number of nitrogens with one attached hydrogen (secondary N) is 1. The van der Waals surface area contributed by atoms with Gasteiger partial charge in [0.15, 0.2) is 0 Å². The van der Waals surface area contributed by atoms with Crippen molar-refractivity contribution in [2.75, 3.05) is 23.3 Å². The number of hydrogen-bond acceptors (Lipinski definition) is 3. The van der Waals surface area contributed by atoms with Gasteiger partial charge in [0, 0.05) is 13.1 Å². The van der Waals surface area contributed by atoms with Gasteiger partial charge >= 0.3 is 0 Å². The maximum absolute atomic E-state index is 14.4. The lowest BCUT2D eigenvalue weighted by Gasteiger charge is -2.18. The number of halogens is 2. The average Bonchev–Trinajstić information content (AvgIpc) is 3.16. The lowest BCUT2D eigenvalue weighted by atomic mass is 10.1. The number of anilines is 2. The van der Waals surface area contributed by atoms with Crippen LogP contribution in [0.25, 0.3) is 6.08 Å². The maximum atomic E-state index is 14.4. The standard InChI is InChI=1S/C20H17ClFN3O/c21-16-5-1-2-6-18(16)24-20(26)15(13-23)11-14-7-8-19(17(22)12-14)25-9-3-4-10-25/h1-2,5-8,11-12H,3-4,9-10H2,(H,24,26)/b15-11-. The maximum Gasteiger partial charge on any atom is 0.266 e. The third-order valence-electron chi connectivity index (χ3n) is 4.22. The number of hydrogen-bond donors (Lipinski definition) is 1. The second kappa shape index (κ2) is 8.03. The van der Waals surface area contributed by atoms with Crippen molar-refractivity contribution in [2.24, 2.45) is 0 Å². The van der Waals surface area contributed by atoms with Crippen LogP contribution in [0.1, 0.15) is 18.4 Å². The molecular formula is C20H17ClFN3O. The molecule has 132 valence electrons. The molecule has 6 heteroatoms. The molecule has 0 radical (unpaired) electrons. The van der Waals surface area contributed by atoms with Gasteiger partial charge < -0.3 is 10.2 Å². The van der Waals surface area contributed by atoms with Gasteiger partial charge in [-0.3, -0.25) is 4.79 Å². The first kappa shape index (κ1) is 18.0. The number of carbonyl (C=O) groups is 1. The molecule has 0 saturated carbocycles. The zero-order valence-corrected chi connectivity index (χ0v) is 14.8. The van der Waals surface area contributed by atoms with E-state index in [2.05, 4.69) is 5.32 Å². The van der Waals surface area contributed by atoms with Gasteiger partial charge in [-0.25, -0.2) is 4.39 Å². The van der Waals surface area contributed by atoms with E-state index in [1.165, 1.54) is 12.1 Å². The molecule has 3 rings (SSSR count). The van der Waals surface area contributed by atoms with Crippen LogP contribution in [-0.2, 0) is 4.79 Å². The Labute approximate surface area is 156 Å². The van der Waals surface area contributed by atoms with Crippen LogP contribution in [0.3, 0.4) is 0 Å². The molecule has 1 fully saturated rings. The zero-order valence-electron chi connectivity index (χ0n) is 14.0. The molecule has 0 bridgehead atoms. The van der Waals surface area contributed by atoms with Gasteiger partial charge in [-0.05, 0) is 48.7 Å². The van der Waals surface area contributed by atoms with Crippen LogP contribution in [0, 0.1) is 17.1 Å². The van der Waals surface area contributed by atoms with Gasteiger partial charge in [-0.2, -0.15) is 5.26 Å². The van der Waals surface area contributed by atoms with Gasteiger partial charge in [0.1, 0.15) is 17.5 Å². The van der Waals surface area contributed by atoms with Crippen LogP contribution in [0.5, 0.6) is 0 Å². The van der Waals surface area contributed by atoms with Crippen molar-refractivity contribution < 1.29 is 9.18 Å². The Bertz CT molecular complexity index is 898. The monoisotopic (exact) mass is 369 g/mol. The fraction of sp³-hybridized carbons (Fsp3) is 0.200. The molecule has 1 heterocycles. The molecule has 1 aliphatic rings. The van der Waals surface area contributed by atoms with E-state index in [0.29, 0.717) is 22.0 Å². The summed E-state index contributed by atoms with van der Waals surface area (Å²) >= 11 is 6.01. The summed E-state index contributed by atoms with van der Waals surface area (Å²) in [7, 11) is 0. The highest BCUT2D eigenvalue weighted by atomic mass is 35.5. The predicted octanol–water partition coefficient (Wildman–Crippen LogP) is 4.62. The van der Waals surface area contributed by atoms with E-state index < -0.39 is 5.91 Å². The number of rotatable bonds is 4. The molecule has 1 aliphatic heterocycles. The normalized spacial score (nSPS) is 14.2. The Kier molecular flexibility index (Phi) is 5.55. The number of nitrogens with zero attached hydrogens (tertiary/aromatic N) is 2. The van der Waals surface area contributed by atoms with Crippen LogP contribution < -0.4 is 10.2 Å². The molecule has 0 aliphatic carbocycles. The molecule has 0 spiro atoms. The van der Waals surface area contributed by atoms with Crippen LogP contribution in [0.15, 0.2) is 48.0 Å². The van der Waals surface area contributed by atoms with Crippen molar-refractivity contribution in [3.63, 3.8) is 0 Å². The van der Waals surface area contributed by atoms with Crippen molar-refractivity contribution in [3.05, 3.63) is 64.4 Å². The Balaban J connectivity index is 1.80. The molecule has 0 unspecified atom stereocenters. The summed E-state index contributed by atoms with van der Waals surface area (Å²) in [5.74, 6) is -0.950. The van der Waals surface area contributed by atoms with Crippen molar-refractivity contribution in [2.45, 2.75) is 12.8 Å². The molecule has 0 atom stereocenters. The van der Waals surface area contributed by atoms with E-state index in [0.717, 1.165) is 25.9 Å². The first-order valence-electron chi connectivity index (χ1n) is 8.30. The highest BCUT2D eigenvalue weighted by Crippen LogP contribution is 2.25. The van der Waals surface area contributed by atoms with Crippen molar-refractivity contribution >= 4 is 35.0 Å². The summed E-state index contributed by atoms with van der Waals surface area (Å²) < 4.78 is 14.4. The molecule has 0 aromatic heterocycles. The molecule has 1 amide bonds. The van der Waals surface area contributed by atoms with E-state index >= 15 is 0 Å². The predicted molar refractivity (Wildman–Crippen MR) is 102 cm³/mol. The Hall–Kier alpha value is -2.84. The summed E-state index contributed by atoms with van der Waals surface area (Å²) in [5.41, 5.74) is 1.30. The fourth-order valence-corrected chi connectivity index (χ4v) is 3.08. The van der Waals surface area contributed by atoms with Crippen molar-refractivity contribution in [3.8, 4) is 6.07 Å². The number of carbonyl (C=O) groups excluding carboxylic acids is 1. The Morgan fingerprint density at radius 2 is 1.96 bits per heavy atom. The van der Waals surface area contributed by atoms with E-state index in [9.17, 15) is 14.4 Å². The SMILES string of the molecule is N#C/C(=C/c1ccc(N2CCCC2)c(F)c1)C(=O)Nc1ccccc1Cl. The number of para-hydroxylation sites is 1. The van der Waals surface area contributed by atoms with Gasteiger partial charge in [0.05, 0.1) is 16.4 Å². The molecule has 4 nitrogen and oxygen atoms in total. The number of benzene rings is 2. The summed E-state index contributed by atoms with van der Waals surface area (Å²) in [6.07, 6.45) is 3.48. The molecule has 2 aromatic carbocycles. The van der Waals surface area contributed by atoms with Crippen LogP contribution in [0.2, 0.25) is 5.02 Å². The van der Waals surface area contributed by atoms with Crippen LogP contribution in [-0.4, -0.2) is 19.0 Å². The van der Waals surface area contributed by atoms with Gasteiger partial charge in [0.2, 0.25) is 0 Å². The minimum absolute atomic E-state index is 0.127. The molecule has 26 heavy (non-hydrogen) atoms. The topological polar surface area (TPSA) is 56.1 Å². The smallest absolute Gasteiger partial charge is 0.266 e. The van der Waals surface area contributed by atoms with Crippen molar-refractivity contribution in [1.82, 2.24) is 0 Å². The van der Waals surface area contributed by atoms with E-state index in [1.807, 2.05) is 11.0 Å². The average molecular weight is 370 g/mol. The third-order valence-corrected chi connectivity index (χ3v) is 4.55. The second-order valence-corrected chi connectivity index (χ2v) is 6.42. The first-order chi connectivity index (χ1) is 12.6. The Morgan fingerprint density at radius 1 is 1.23 bits per heavy atom. The van der Waals surface area contributed by atoms with Crippen LogP contribution in [0.4, 0.5) is 15.8 Å².